The van der Waals surface area contributed by atoms with E-state index in [-0.39, 0.29) is 6.92 Å². The topological polar surface area (TPSA) is 0 Å². The van der Waals surface area contributed by atoms with Crippen molar-refractivity contribution in [1.29, 1.82) is 0 Å². The van der Waals surface area contributed by atoms with E-state index in [9.17, 15) is 43.9 Å². The summed E-state index contributed by atoms with van der Waals surface area (Å²) in [5.74, 6) is -6.31. The number of hydrogen-bond donors (Lipinski definition) is 0. The lowest BCUT2D eigenvalue weighted by atomic mass is 9.83. The maximum absolute atomic E-state index is 13.2. The van der Waals surface area contributed by atoms with Crippen LogP contribution in [0.5, 0.6) is 0 Å². The van der Waals surface area contributed by atoms with Gasteiger partial charge in [-0.05, 0) is 13.3 Å². The van der Waals surface area contributed by atoms with Crippen LogP contribution < -0.4 is 0 Å². The van der Waals surface area contributed by atoms with Crippen LogP contribution in [0.15, 0.2) is 0 Å². The normalized spacial score (nSPS) is 21.3. The quantitative estimate of drug-likeness (QED) is 0.668. The molecular weight excluding hydrogens is 286 g/mol. The maximum Gasteiger partial charge on any atom is 0.428 e. The second kappa shape index (κ2) is 4.16. The van der Waals surface area contributed by atoms with Crippen LogP contribution in [0.1, 0.15) is 20.3 Å². The Labute approximate surface area is 94.9 Å². The fourth-order valence-electron chi connectivity index (χ4n) is 1.15. The van der Waals surface area contributed by atoms with Crippen molar-refractivity contribution in [1.82, 2.24) is 0 Å². The van der Waals surface area contributed by atoms with Gasteiger partial charge in [0.25, 0.3) is 11.3 Å². The molecule has 10 heteroatoms. The summed E-state index contributed by atoms with van der Waals surface area (Å²) in [5, 5.41) is 0. The van der Waals surface area contributed by atoms with E-state index in [1.165, 1.54) is 0 Å². The molecule has 0 N–H and O–H groups in total. The predicted molar refractivity (Wildman–Crippen MR) is 40.7 cm³/mol. The Balaban J connectivity index is 5.91. The zero-order valence-electron chi connectivity index (χ0n) is 8.99. The van der Waals surface area contributed by atoms with Crippen molar-refractivity contribution in [3.63, 3.8) is 0 Å². The highest BCUT2D eigenvalue weighted by molar-refractivity contribution is 5.10. The molecule has 0 nitrogen and oxygen atoms in total. The van der Waals surface area contributed by atoms with Gasteiger partial charge in [0.05, 0.1) is 0 Å². The molecule has 0 saturated heterocycles. The van der Waals surface area contributed by atoms with Crippen LogP contribution >= 0.6 is 0 Å². The molecule has 0 aliphatic heterocycles. The average molecular weight is 294 g/mol. The first-order chi connectivity index (χ1) is 7.56. The van der Waals surface area contributed by atoms with Gasteiger partial charge in [-0.25, -0.2) is 8.78 Å². The van der Waals surface area contributed by atoms with Crippen LogP contribution in [0.2, 0.25) is 0 Å². The van der Waals surface area contributed by atoms with Gasteiger partial charge in [0, 0.05) is 0 Å². The monoisotopic (exact) mass is 294 g/mol. The highest BCUT2D eigenvalue weighted by atomic mass is 19.4. The first-order valence-corrected chi connectivity index (χ1v) is 4.45. The molecule has 0 rings (SSSR count). The van der Waals surface area contributed by atoms with Crippen LogP contribution in [-0.2, 0) is 0 Å². The van der Waals surface area contributed by atoms with Crippen molar-refractivity contribution in [3.8, 4) is 0 Å². The zero-order valence-corrected chi connectivity index (χ0v) is 8.99. The molecule has 0 heterocycles. The summed E-state index contributed by atoms with van der Waals surface area (Å²) in [7, 11) is 0. The van der Waals surface area contributed by atoms with Crippen molar-refractivity contribution in [2.45, 2.75) is 49.9 Å². The molecule has 0 fully saturated rings. The molecule has 0 aliphatic rings. The molecule has 0 aromatic carbocycles. The van der Waals surface area contributed by atoms with E-state index in [1.54, 1.807) is 0 Å². The molecule has 0 amide bonds. The molecule has 2 unspecified atom stereocenters. The van der Waals surface area contributed by atoms with E-state index in [0.717, 1.165) is 0 Å². The number of rotatable bonds is 3. The Bertz CT molecular complexity index is 298. The van der Waals surface area contributed by atoms with Crippen LogP contribution in [0, 0.1) is 0 Å². The van der Waals surface area contributed by atoms with Gasteiger partial charge in [-0.15, -0.1) is 0 Å². The van der Waals surface area contributed by atoms with Gasteiger partial charge in [-0.1, -0.05) is 6.92 Å². The number of hydrogen-bond acceptors (Lipinski definition) is 0. The highest BCUT2D eigenvalue weighted by Gasteiger charge is 2.82. The smallest absolute Gasteiger partial charge is 0.227 e. The minimum Gasteiger partial charge on any atom is -0.227 e. The van der Waals surface area contributed by atoms with E-state index >= 15 is 0 Å². The summed E-state index contributed by atoms with van der Waals surface area (Å²) in [6.45, 7) is -0.587. The molecule has 18 heavy (non-hydrogen) atoms. The second-order valence-electron chi connectivity index (χ2n) is 3.73. The van der Waals surface area contributed by atoms with Crippen molar-refractivity contribution in [2.24, 2.45) is 0 Å². The summed E-state index contributed by atoms with van der Waals surface area (Å²) in [6, 6.07) is 0. The Kier molecular flexibility index (Phi) is 3.99. The zero-order chi connectivity index (χ0) is 15.2. The Morgan fingerprint density at radius 1 is 0.667 bits per heavy atom. The van der Waals surface area contributed by atoms with E-state index in [2.05, 4.69) is 0 Å². The Morgan fingerprint density at radius 3 is 1.17 bits per heavy atom. The van der Waals surface area contributed by atoms with Crippen molar-refractivity contribution in [2.75, 3.05) is 0 Å². The van der Waals surface area contributed by atoms with E-state index in [4.69, 9.17) is 0 Å². The fourth-order valence-corrected chi connectivity index (χ4v) is 1.15. The lowest BCUT2D eigenvalue weighted by Gasteiger charge is -2.41. The minimum atomic E-state index is -6.35. The third-order valence-corrected chi connectivity index (χ3v) is 2.56. The largest absolute Gasteiger partial charge is 0.428 e. The lowest BCUT2D eigenvalue weighted by molar-refractivity contribution is -0.373. The van der Waals surface area contributed by atoms with Gasteiger partial charge < -0.3 is 0 Å². The third kappa shape index (κ3) is 2.13. The molecule has 0 aliphatic carbocycles. The van der Waals surface area contributed by atoms with E-state index < -0.39 is 43.0 Å². The van der Waals surface area contributed by atoms with Crippen LogP contribution in [-0.4, -0.2) is 29.6 Å². The molecule has 2 atom stereocenters. The molecule has 0 aromatic rings. The third-order valence-electron chi connectivity index (χ3n) is 2.56. The summed E-state index contributed by atoms with van der Waals surface area (Å²) in [6.07, 6.45) is -14.8. The van der Waals surface area contributed by atoms with Crippen LogP contribution in [0.3, 0.4) is 0 Å². The standard InChI is InChI=1S/C8H8F10/c1-3-5(10,8(16,17)18)6(11,12)4(2,9)7(13,14)15/h3H2,1-2H3. The molecule has 0 bridgehead atoms. The fraction of sp³-hybridized carbons (Fsp3) is 1.00. The minimum absolute atomic E-state index is 0.244. The SMILES string of the molecule is CCC(F)(C(F)(F)F)C(F)(F)C(C)(F)C(F)(F)F. The summed E-state index contributed by atoms with van der Waals surface area (Å²) < 4.78 is 125. The van der Waals surface area contributed by atoms with Gasteiger partial charge in [-0.3, -0.25) is 0 Å². The van der Waals surface area contributed by atoms with Gasteiger partial charge in [0.1, 0.15) is 0 Å². The average Bonchev–Trinajstić information content (AvgIpc) is 2.12. The Hall–Kier alpha value is -0.700. The van der Waals surface area contributed by atoms with Crippen LogP contribution in [0.4, 0.5) is 43.9 Å². The van der Waals surface area contributed by atoms with Gasteiger partial charge in [0.15, 0.2) is 0 Å². The van der Waals surface area contributed by atoms with Gasteiger partial charge in [-0.2, -0.15) is 35.1 Å². The van der Waals surface area contributed by atoms with Crippen LogP contribution in [0.25, 0.3) is 0 Å². The second-order valence-corrected chi connectivity index (χ2v) is 3.73. The van der Waals surface area contributed by atoms with Crippen molar-refractivity contribution < 1.29 is 43.9 Å². The van der Waals surface area contributed by atoms with E-state index in [0.29, 0.717) is 0 Å². The van der Waals surface area contributed by atoms with Gasteiger partial charge >= 0.3 is 18.3 Å². The maximum atomic E-state index is 13.2. The number of halogens is 10. The van der Waals surface area contributed by atoms with Crippen molar-refractivity contribution >= 4 is 0 Å². The molecule has 110 valence electrons. The van der Waals surface area contributed by atoms with E-state index in [1.807, 2.05) is 0 Å². The Morgan fingerprint density at radius 2 is 1.00 bits per heavy atom. The highest BCUT2D eigenvalue weighted by Crippen LogP contribution is 2.57. The summed E-state index contributed by atoms with van der Waals surface area (Å²) >= 11 is 0. The first-order valence-electron chi connectivity index (χ1n) is 4.45. The first kappa shape index (κ1) is 17.3. The molecule has 0 radical (unpaired) electrons. The van der Waals surface area contributed by atoms with Gasteiger partial charge in [0.2, 0.25) is 0 Å². The van der Waals surface area contributed by atoms with Crippen molar-refractivity contribution in [3.05, 3.63) is 0 Å². The lowest BCUT2D eigenvalue weighted by Crippen LogP contribution is -2.67. The summed E-state index contributed by atoms with van der Waals surface area (Å²) in [4.78, 5) is 0. The molecular formula is C8H8F10. The molecule has 0 aromatic heterocycles. The molecule has 0 saturated carbocycles. The summed E-state index contributed by atoms with van der Waals surface area (Å²) in [5.41, 5.74) is -11.3. The number of alkyl halides is 10. The molecule has 0 spiro atoms. The predicted octanol–water partition coefficient (Wildman–Crippen LogP) is 4.59.